The second kappa shape index (κ2) is 2.21. The van der Waals surface area contributed by atoms with Crippen molar-refractivity contribution in [2.75, 3.05) is 0 Å². The minimum Gasteiger partial charge on any atom is -0.216 e. The average molecular weight is 185 g/mol. The van der Waals surface area contributed by atoms with Gasteiger partial charge in [0, 0.05) is 0 Å². The van der Waals surface area contributed by atoms with Gasteiger partial charge in [-0.3, -0.25) is 0 Å². The number of alkyl halides is 4. The molecule has 0 nitrogen and oxygen atoms in total. The van der Waals surface area contributed by atoms with Gasteiger partial charge in [-0.1, -0.05) is 35.4 Å². The molecule has 0 N–H and O–H groups in total. The first-order valence-corrected chi connectivity index (χ1v) is 3.34. The van der Waals surface area contributed by atoms with Crippen molar-refractivity contribution in [2.24, 2.45) is 0 Å². The number of hydrogen-bond acceptors (Lipinski definition) is 0. The molecule has 0 aliphatic heterocycles. The van der Waals surface area contributed by atoms with Crippen LogP contribution < -0.4 is 0 Å². The fourth-order valence-corrected chi connectivity index (χ4v) is 0.846. The molecule has 0 spiro atoms. The van der Waals surface area contributed by atoms with Gasteiger partial charge in [-0.05, 0) is 12.2 Å². The molecule has 0 saturated heterocycles. The van der Waals surface area contributed by atoms with Crippen molar-refractivity contribution < 1.29 is 8.78 Å². The molecule has 0 heterocycles. The van der Waals surface area contributed by atoms with E-state index in [2.05, 4.69) is 0 Å². The Morgan fingerprint density at radius 3 is 1.40 bits per heavy atom. The van der Waals surface area contributed by atoms with E-state index in [1.165, 1.54) is 12.2 Å². The van der Waals surface area contributed by atoms with Crippen molar-refractivity contribution in [2.45, 2.75) is 10.3 Å². The third-order valence-corrected chi connectivity index (χ3v) is 2.07. The highest BCUT2D eigenvalue weighted by Crippen LogP contribution is 2.42. The Bertz CT molecular complexity index is 172. The highest BCUT2D eigenvalue weighted by Gasteiger charge is 2.48. The van der Waals surface area contributed by atoms with Crippen LogP contribution in [0.1, 0.15) is 0 Å². The number of halogens is 4. The van der Waals surface area contributed by atoms with Crippen molar-refractivity contribution in [1.82, 2.24) is 0 Å². The van der Waals surface area contributed by atoms with Crippen molar-refractivity contribution in [3.05, 3.63) is 24.3 Å². The SMILES string of the molecule is FC1(Cl)C=CC=CC1(F)Cl. The summed E-state index contributed by atoms with van der Waals surface area (Å²) < 4.78 is 25.5. The monoisotopic (exact) mass is 184 g/mol. The van der Waals surface area contributed by atoms with Crippen molar-refractivity contribution in [3.63, 3.8) is 0 Å². The zero-order valence-electron chi connectivity index (χ0n) is 4.82. The molecule has 4 heteroatoms. The minimum atomic E-state index is -2.62. The van der Waals surface area contributed by atoms with E-state index in [0.717, 1.165) is 12.2 Å². The predicted octanol–water partition coefficient (Wildman–Crippen LogP) is 2.92. The van der Waals surface area contributed by atoms with Gasteiger partial charge >= 0.3 is 0 Å². The van der Waals surface area contributed by atoms with Crippen LogP contribution in [-0.4, -0.2) is 10.3 Å². The Balaban J connectivity index is 2.96. The van der Waals surface area contributed by atoms with Crippen LogP contribution in [0, 0.1) is 0 Å². The lowest BCUT2D eigenvalue weighted by molar-refractivity contribution is 0.171. The van der Waals surface area contributed by atoms with E-state index >= 15 is 0 Å². The molecule has 56 valence electrons. The van der Waals surface area contributed by atoms with Crippen LogP contribution in [0.4, 0.5) is 8.78 Å². The van der Waals surface area contributed by atoms with Crippen LogP contribution in [-0.2, 0) is 0 Å². The second-order valence-electron chi connectivity index (χ2n) is 1.96. The Morgan fingerprint density at radius 2 is 1.20 bits per heavy atom. The van der Waals surface area contributed by atoms with Crippen LogP contribution in [0.15, 0.2) is 24.3 Å². The van der Waals surface area contributed by atoms with Crippen LogP contribution in [0.5, 0.6) is 0 Å². The van der Waals surface area contributed by atoms with Gasteiger partial charge in [0.1, 0.15) is 0 Å². The lowest BCUT2D eigenvalue weighted by Gasteiger charge is -2.25. The average Bonchev–Trinajstić information content (AvgIpc) is 1.77. The van der Waals surface area contributed by atoms with E-state index in [0.29, 0.717) is 0 Å². The third kappa shape index (κ3) is 1.18. The van der Waals surface area contributed by atoms with E-state index in [9.17, 15) is 8.78 Å². The highest BCUT2D eigenvalue weighted by atomic mass is 35.5. The Labute approximate surface area is 67.1 Å². The van der Waals surface area contributed by atoms with E-state index in [1.54, 1.807) is 0 Å². The molecule has 0 radical (unpaired) electrons. The third-order valence-electron chi connectivity index (χ3n) is 1.17. The lowest BCUT2D eigenvalue weighted by atomic mass is 10.1. The smallest absolute Gasteiger partial charge is 0.216 e. The van der Waals surface area contributed by atoms with Gasteiger partial charge < -0.3 is 0 Å². The normalized spacial score (nSPS) is 46.0. The molecule has 1 rings (SSSR count). The molecular weight excluding hydrogens is 181 g/mol. The molecule has 2 unspecified atom stereocenters. The Morgan fingerprint density at radius 1 is 0.900 bits per heavy atom. The Hall–Kier alpha value is -0.0800. The van der Waals surface area contributed by atoms with Gasteiger partial charge in [0.25, 0.3) is 10.3 Å². The molecule has 2 atom stereocenters. The number of hydrogen-bond donors (Lipinski definition) is 0. The molecule has 0 aromatic heterocycles. The maximum Gasteiger partial charge on any atom is 0.253 e. The van der Waals surface area contributed by atoms with E-state index < -0.39 is 10.3 Å². The van der Waals surface area contributed by atoms with Gasteiger partial charge in [0.2, 0.25) is 0 Å². The summed E-state index contributed by atoms with van der Waals surface area (Å²) in [5, 5.41) is -5.24. The van der Waals surface area contributed by atoms with Crippen molar-refractivity contribution in [3.8, 4) is 0 Å². The first-order valence-electron chi connectivity index (χ1n) is 2.58. The summed E-state index contributed by atoms with van der Waals surface area (Å²) in [5.41, 5.74) is 0. The van der Waals surface area contributed by atoms with Crippen LogP contribution in [0.2, 0.25) is 0 Å². The molecule has 0 amide bonds. The second-order valence-corrected chi connectivity index (χ2v) is 3.06. The van der Waals surface area contributed by atoms with Gasteiger partial charge in [0.15, 0.2) is 0 Å². The van der Waals surface area contributed by atoms with E-state index in [-0.39, 0.29) is 0 Å². The van der Waals surface area contributed by atoms with Gasteiger partial charge in [-0.25, -0.2) is 8.78 Å². The molecule has 1 aliphatic rings. The fraction of sp³-hybridized carbons (Fsp3) is 0.333. The van der Waals surface area contributed by atoms with Crippen LogP contribution in [0.25, 0.3) is 0 Å². The summed E-state index contributed by atoms with van der Waals surface area (Å²) in [6, 6.07) is 0. The summed E-state index contributed by atoms with van der Waals surface area (Å²) in [5.74, 6) is 0. The molecule has 0 fully saturated rings. The molecule has 0 aromatic rings. The van der Waals surface area contributed by atoms with Gasteiger partial charge in [0.05, 0.1) is 0 Å². The molecule has 0 saturated carbocycles. The first kappa shape index (κ1) is 8.02. The van der Waals surface area contributed by atoms with E-state index in [4.69, 9.17) is 23.2 Å². The first-order chi connectivity index (χ1) is 4.46. The maximum absolute atomic E-state index is 12.8. The fourth-order valence-electron chi connectivity index (χ4n) is 0.575. The van der Waals surface area contributed by atoms with Crippen LogP contribution in [0.3, 0.4) is 0 Å². The topological polar surface area (TPSA) is 0 Å². The Kier molecular flexibility index (Phi) is 1.77. The number of rotatable bonds is 0. The maximum atomic E-state index is 12.8. The summed E-state index contributed by atoms with van der Waals surface area (Å²) in [6.45, 7) is 0. The summed E-state index contributed by atoms with van der Waals surface area (Å²) >= 11 is 10.1. The van der Waals surface area contributed by atoms with Crippen molar-refractivity contribution >= 4 is 23.2 Å². The molecule has 1 aliphatic carbocycles. The molecule has 0 aromatic carbocycles. The quantitative estimate of drug-likeness (QED) is 0.509. The molecular formula is C6H4Cl2F2. The zero-order valence-corrected chi connectivity index (χ0v) is 6.33. The largest absolute Gasteiger partial charge is 0.253 e. The zero-order chi connectivity index (χ0) is 7.83. The molecule has 10 heavy (non-hydrogen) atoms. The van der Waals surface area contributed by atoms with Crippen LogP contribution >= 0.6 is 23.2 Å². The van der Waals surface area contributed by atoms with E-state index in [1.807, 2.05) is 0 Å². The summed E-state index contributed by atoms with van der Waals surface area (Å²) in [4.78, 5) is 0. The summed E-state index contributed by atoms with van der Waals surface area (Å²) in [6.07, 6.45) is 4.32. The van der Waals surface area contributed by atoms with Gasteiger partial charge in [-0.15, -0.1) is 0 Å². The number of allylic oxidation sites excluding steroid dienone is 4. The van der Waals surface area contributed by atoms with Gasteiger partial charge in [-0.2, -0.15) is 0 Å². The highest BCUT2D eigenvalue weighted by molar-refractivity contribution is 6.35. The summed E-state index contributed by atoms with van der Waals surface area (Å²) in [7, 11) is 0. The minimum absolute atomic E-state index is 0.863. The lowest BCUT2D eigenvalue weighted by Crippen LogP contribution is -2.35. The predicted molar refractivity (Wildman–Crippen MR) is 37.7 cm³/mol. The molecule has 0 bridgehead atoms. The standard InChI is InChI=1S/C6H4Cl2F2/c7-5(9)3-1-2-4-6(5,8)10/h1-4H. The van der Waals surface area contributed by atoms with Crippen molar-refractivity contribution in [1.29, 1.82) is 0 Å².